The number of nitrogens with zero attached hydrogens (tertiary/aromatic N) is 1. The highest BCUT2D eigenvalue weighted by Gasteiger charge is 2.33. The monoisotopic (exact) mass is 366 g/mol. The summed E-state index contributed by atoms with van der Waals surface area (Å²) in [7, 11) is -3.57. The van der Waals surface area contributed by atoms with Crippen LogP contribution in [0.5, 0.6) is 0 Å². The summed E-state index contributed by atoms with van der Waals surface area (Å²) in [6.07, 6.45) is -3.56. The van der Waals surface area contributed by atoms with Crippen LogP contribution in [0.1, 0.15) is 29.8 Å². The number of aryl methyl sites for hydroxylation is 1. The van der Waals surface area contributed by atoms with Gasteiger partial charge in [0, 0.05) is 12.1 Å². The number of hydrogen-bond acceptors (Lipinski definition) is 3. The Hall–Kier alpha value is -1.77. The maximum atomic E-state index is 12.7. The summed E-state index contributed by atoms with van der Waals surface area (Å²) in [5.74, 6) is -0.937. The second kappa shape index (κ2) is 7.42. The van der Waals surface area contributed by atoms with Gasteiger partial charge in [-0.1, -0.05) is 19.9 Å². The van der Waals surface area contributed by atoms with Gasteiger partial charge in [0.15, 0.2) is 0 Å². The van der Waals surface area contributed by atoms with Gasteiger partial charge in [0.2, 0.25) is 10.0 Å². The summed E-state index contributed by atoms with van der Waals surface area (Å²) in [6, 6.07) is 4.12. The van der Waals surface area contributed by atoms with Crippen molar-refractivity contribution in [2.24, 2.45) is 5.92 Å². The SMILES string of the molecule is Cc1ccc(C(=O)N(CC(C)C)CC(F)(F)F)cc1NS(C)(=O)=O. The van der Waals surface area contributed by atoms with Gasteiger partial charge in [-0.3, -0.25) is 9.52 Å². The van der Waals surface area contributed by atoms with Crippen molar-refractivity contribution in [1.82, 2.24) is 4.90 Å². The third-order valence-corrected chi connectivity index (χ3v) is 3.61. The Kier molecular flexibility index (Phi) is 6.26. The van der Waals surface area contributed by atoms with Crippen molar-refractivity contribution in [1.29, 1.82) is 0 Å². The molecule has 0 aliphatic carbocycles. The molecule has 0 radical (unpaired) electrons. The minimum Gasteiger partial charge on any atom is -0.329 e. The lowest BCUT2D eigenvalue weighted by Crippen LogP contribution is -2.41. The predicted octanol–water partition coefficient (Wildman–Crippen LogP) is 3.03. The fraction of sp³-hybridized carbons (Fsp3) is 0.533. The molecule has 0 heterocycles. The molecule has 0 aromatic heterocycles. The van der Waals surface area contributed by atoms with E-state index in [0.29, 0.717) is 5.56 Å². The van der Waals surface area contributed by atoms with Crippen molar-refractivity contribution < 1.29 is 26.4 Å². The van der Waals surface area contributed by atoms with E-state index in [1.165, 1.54) is 18.2 Å². The first-order valence-electron chi connectivity index (χ1n) is 7.23. The van der Waals surface area contributed by atoms with Crippen molar-refractivity contribution in [3.05, 3.63) is 29.3 Å². The van der Waals surface area contributed by atoms with E-state index < -0.39 is 28.7 Å². The van der Waals surface area contributed by atoms with E-state index in [-0.39, 0.29) is 23.7 Å². The van der Waals surface area contributed by atoms with E-state index in [4.69, 9.17) is 0 Å². The number of halogens is 3. The molecule has 1 aromatic rings. The molecule has 0 aliphatic rings. The lowest BCUT2D eigenvalue weighted by molar-refractivity contribution is -0.141. The standard InChI is InChI=1S/C15H21F3N2O3S/c1-10(2)8-20(9-15(16,17)18)14(21)12-6-5-11(3)13(7-12)19-24(4,22)23/h5-7,10,19H,8-9H2,1-4H3. The minimum absolute atomic E-state index is 0.00310. The zero-order valence-corrected chi connectivity index (χ0v) is 14.8. The number of anilines is 1. The highest BCUT2D eigenvalue weighted by molar-refractivity contribution is 7.92. The van der Waals surface area contributed by atoms with Crippen LogP contribution < -0.4 is 4.72 Å². The van der Waals surface area contributed by atoms with Gasteiger partial charge in [-0.25, -0.2) is 8.42 Å². The number of sulfonamides is 1. The number of nitrogens with one attached hydrogen (secondary N) is 1. The molecule has 1 amide bonds. The normalized spacial score (nSPS) is 12.3. The van der Waals surface area contributed by atoms with Crippen molar-refractivity contribution in [3.8, 4) is 0 Å². The Balaban J connectivity index is 3.16. The summed E-state index contributed by atoms with van der Waals surface area (Å²) in [5.41, 5.74) is 0.722. The second-order valence-electron chi connectivity index (χ2n) is 6.10. The van der Waals surface area contributed by atoms with E-state index in [0.717, 1.165) is 11.2 Å². The average molecular weight is 366 g/mol. The Labute approximate surface area is 139 Å². The zero-order valence-electron chi connectivity index (χ0n) is 13.9. The van der Waals surface area contributed by atoms with Crippen LogP contribution in [0, 0.1) is 12.8 Å². The van der Waals surface area contributed by atoms with E-state index in [1.54, 1.807) is 20.8 Å². The topological polar surface area (TPSA) is 66.5 Å². The summed E-state index contributed by atoms with van der Waals surface area (Å²) in [4.78, 5) is 13.2. The molecule has 24 heavy (non-hydrogen) atoms. The first-order chi connectivity index (χ1) is 10.8. The van der Waals surface area contributed by atoms with Gasteiger partial charge in [0.05, 0.1) is 11.9 Å². The van der Waals surface area contributed by atoms with Gasteiger partial charge in [0.25, 0.3) is 5.91 Å². The van der Waals surface area contributed by atoms with Crippen LogP contribution >= 0.6 is 0 Å². The molecule has 0 aliphatic heterocycles. The molecule has 5 nitrogen and oxygen atoms in total. The van der Waals surface area contributed by atoms with Crippen molar-refractivity contribution in [3.63, 3.8) is 0 Å². The third-order valence-electron chi connectivity index (χ3n) is 3.02. The number of amides is 1. The lowest BCUT2D eigenvalue weighted by atomic mass is 10.1. The molecule has 0 fully saturated rings. The van der Waals surface area contributed by atoms with Crippen LogP contribution in [0.15, 0.2) is 18.2 Å². The Morgan fingerprint density at radius 1 is 1.29 bits per heavy atom. The number of carbonyl (C=O) groups excluding carboxylic acids is 1. The third kappa shape index (κ3) is 6.77. The molecule has 0 spiro atoms. The second-order valence-corrected chi connectivity index (χ2v) is 7.85. The largest absolute Gasteiger partial charge is 0.406 e. The van der Waals surface area contributed by atoms with Crippen LogP contribution in [-0.2, 0) is 10.0 Å². The highest BCUT2D eigenvalue weighted by atomic mass is 32.2. The van der Waals surface area contributed by atoms with Crippen molar-refractivity contribution in [2.45, 2.75) is 26.9 Å². The summed E-state index contributed by atoms with van der Waals surface area (Å²) < 4.78 is 63.1. The molecular weight excluding hydrogens is 345 g/mol. The first kappa shape index (κ1) is 20.3. The maximum Gasteiger partial charge on any atom is 0.406 e. The first-order valence-corrected chi connectivity index (χ1v) is 9.12. The van der Waals surface area contributed by atoms with Gasteiger partial charge in [-0.2, -0.15) is 13.2 Å². The lowest BCUT2D eigenvalue weighted by Gasteiger charge is -2.26. The maximum absolute atomic E-state index is 12.7. The Morgan fingerprint density at radius 2 is 1.88 bits per heavy atom. The number of alkyl halides is 3. The Bertz CT molecular complexity index is 700. The van der Waals surface area contributed by atoms with E-state index in [1.807, 2.05) is 0 Å². The zero-order chi connectivity index (χ0) is 18.7. The van der Waals surface area contributed by atoms with Crippen LogP contribution in [0.2, 0.25) is 0 Å². The molecule has 1 aromatic carbocycles. The summed E-state index contributed by atoms with van der Waals surface area (Å²) >= 11 is 0. The molecule has 9 heteroatoms. The van der Waals surface area contributed by atoms with Gasteiger partial charge in [-0.05, 0) is 30.5 Å². The van der Waals surface area contributed by atoms with Crippen LogP contribution in [0.4, 0.5) is 18.9 Å². The van der Waals surface area contributed by atoms with Crippen molar-refractivity contribution >= 4 is 21.6 Å². The van der Waals surface area contributed by atoms with Gasteiger partial charge in [0.1, 0.15) is 6.54 Å². The quantitative estimate of drug-likeness (QED) is 0.842. The van der Waals surface area contributed by atoms with Crippen LogP contribution in [-0.4, -0.2) is 44.7 Å². The molecule has 0 saturated carbocycles. The molecular formula is C15H21F3N2O3S. The summed E-state index contributed by atoms with van der Waals surface area (Å²) in [5, 5.41) is 0. The van der Waals surface area contributed by atoms with Crippen LogP contribution in [0.25, 0.3) is 0 Å². The van der Waals surface area contributed by atoms with Crippen molar-refractivity contribution in [2.75, 3.05) is 24.1 Å². The molecule has 1 N–H and O–H groups in total. The summed E-state index contributed by atoms with van der Waals surface area (Å²) in [6.45, 7) is 3.64. The van der Waals surface area contributed by atoms with Gasteiger partial charge < -0.3 is 4.90 Å². The van der Waals surface area contributed by atoms with E-state index in [2.05, 4.69) is 4.72 Å². The van der Waals surface area contributed by atoms with Gasteiger partial charge in [-0.15, -0.1) is 0 Å². The number of benzene rings is 1. The molecule has 1 rings (SSSR count). The number of rotatable bonds is 6. The molecule has 0 atom stereocenters. The Morgan fingerprint density at radius 3 is 2.33 bits per heavy atom. The smallest absolute Gasteiger partial charge is 0.329 e. The van der Waals surface area contributed by atoms with E-state index >= 15 is 0 Å². The average Bonchev–Trinajstić information content (AvgIpc) is 2.36. The van der Waals surface area contributed by atoms with Crippen LogP contribution in [0.3, 0.4) is 0 Å². The molecule has 0 saturated heterocycles. The highest BCUT2D eigenvalue weighted by Crippen LogP contribution is 2.22. The predicted molar refractivity (Wildman–Crippen MR) is 86.4 cm³/mol. The molecule has 0 bridgehead atoms. The fourth-order valence-electron chi connectivity index (χ4n) is 2.12. The van der Waals surface area contributed by atoms with E-state index in [9.17, 15) is 26.4 Å². The number of carbonyl (C=O) groups is 1. The molecule has 136 valence electrons. The minimum atomic E-state index is -4.51. The fourth-order valence-corrected chi connectivity index (χ4v) is 2.74. The molecule has 0 unspecified atom stereocenters. The van der Waals surface area contributed by atoms with Gasteiger partial charge >= 0.3 is 6.18 Å². The number of hydrogen-bond donors (Lipinski definition) is 1.